The Kier molecular flexibility index (Phi) is 2.80. The van der Waals surface area contributed by atoms with Gasteiger partial charge in [0.25, 0.3) is 5.89 Å². The summed E-state index contributed by atoms with van der Waals surface area (Å²) < 4.78 is 24.4. The number of rotatable bonds is 5. The number of alkyl halides is 1. The number of oxazole rings is 1. The number of hydrogen-bond donors (Lipinski definition) is 0. The van der Waals surface area contributed by atoms with Gasteiger partial charge in [-0.2, -0.15) is 10.1 Å². The maximum Gasteiger partial charge on any atom is 0.295 e. The molecule has 0 unspecified atom stereocenters. The summed E-state index contributed by atoms with van der Waals surface area (Å²) in [6.07, 6.45) is 6.86. The number of hydrogen-bond acceptors (Lipinski definition) is 6. The third-order valence-electron chi connectivity index (χ3n) is 3.38. The average Bonchev–Trinajstić information content (AvgIpc) is 2.95. The Balaban J connectivity index is 1.64. The molecule has 0 radical (unpaired) electrons. The Labute approximate surface area is 118 Å². The summed E-state index contributed by atoms with van der Waals surface area (Å²) in [7, 11) is 0. The van der Waals surface area contributed by atoms with E-state index in [4.69, 9.17) is 8.94 Å². The Hall–Kier alpha value is -2.51. The molecular formula is C13H12FN5O2. The zero-order chi connectivity index (χ0) is 14.2. The zero-order valence-corrected chi connectivity index (χ0v) is 11.1. The Bertz CT molecular complexity index is 758. The van der Waals surface area contributed by atoms with Crippen LogP contribution in [0.2, 0.25) is 0 Å². The van der Waals surface area contributed by atoms with Crippen LogP contribution in [-0.2, 0) is 6.54 Å². The monoisotopic (exact) mass is 289 g/mol. The fraction of sp³-hybridized carbons (Fsp3) is 0.385. The van der Waals surface area contributed by atoms with Crippen LogP contribution < -0.4 is 0 Å². The lowest BCUT2D eigenvalue weighted by Crippen LogP contribution is -1.98. The van der Waals surface area contributed by atoms with E-state index in [9.17, 15) is 4.39 Å². The minimum atomic E-state index is -0.471. The topological polar surface area (TPSA) is 82.8 Å². The first-order valence-electron chi connectivity index (χ1n) is 6.71. The predicted octanol–water partition coefficient (Wildman–Crippen LogP) is 2.43. The normalized spacial score (nSPS) is 14.7. The van der Waals surface area contributed by atoms with Crippen LogP contribution in [0.1, 0.15) is 24.5 Å². The lowest BCUT2D eigenvalue weighted by Gasteiger charge is -1.92. The highest BCUT2D eigenvalue weighted by molar-refractivity contribution is 5.57. The molecular weight excluding hydrogens is 277 g/mol. The summed E-state index contributed by atoms with van der Waals surface area (Å²) in [5.74, 6) is 1.67. The molecule has 0 aliphatic heterocycles. The Morgan fingerprint density at radius 3 is 3.10 bits per heavy atom. The van der Waals surface area contributed by atoms with Crippen molar-refractivity contribution in [1.29, 1.82) is 0 Å². The molecule has 3 aromatic rings. The van der Waals surface area contributed by atoms with E-state index in [1.54, 1.807) is 12.4 Å². The van der Waals surface area contributed by atoms with E-state index in [0.717, 1.165) is 18.5 Å². The van der Waals surface area contributed by atoms with E-state index in [1.807, 2.05) is 0 Å². The summed E-state index contributed by atoms with van der Waals surface area (Å²) >= 11 is 0. The van der Waals surface area contributed by atoms with E-state index in [1.165, 1.54) is 11.1 Å². The van der Waals surface area contributed by atoms with Gasteiger partial charge < -0.3 is 8.94 Å². The second kappa shape index (κ2) is 4.80. The molecule has 0 atom stereocenters. The molecule has 0 amide bonds. The molecule has 4 rings (SSSR count). The van der Waals surface area contributed by atoms with Gasteiger partial charge >= 0.3 is 0 Å². The molecule has 8 heteroatoms. The van der Waals surface area contributed by atoms with Crippen LogP contribution in [0, 0.1) is 0 Å². The SMILES string of the molecule is FCCn1cc(-c2noc(-c3ocnc3C3CC3)n2)cn1. The predicted molar refractivity (Wildman–Crippen MR) is 69.0 cm³/mol. The number of aromatic nitrogens is 5. The Morgan fingerprint density at radius 1 is 1.38 bits per heavy atom. The van der Waals surface area contributed by atoms with Crippen molar-refractivity contribution < 1.29 is 13.3 Å². The van der Waals surface area contributed by atoms with Crippen molar-refractivity contribution in [3.05, 3.63) is 24.5 Å². The van der Waals surface area contributed by atoms with Gasteiger partial charge in [0.2, 0.25) is 11.6 Å². The molecule has 1 aliphatic carbocycles. The molecule has 1 aliphatic rings. The molecule has 0 N–H and O–H groups in total. The van der Waals surface area contributed by atoms with Gasteiger partial charge in [-0.05, 0) is 12.8 Å². The fourth-order valence-corrected chi connectivity index (χ4v) is 2.18. The molecule has 0 bridgehead atoms. The Morgan fingerprint density at radius 2 is 2.29 bits per heavy atom. The number of aryl methyl sites for hydroxylation is 1. The van der Waals surface area contributed by atoms with Crippen LogP contribution >= 0.6 is 0 Å². The molecule has 3 heterocycles. The van der Waals surface area contributed by atoms with Crippen molar-refractivity contribution in [2.24, 2.45) is 0 Å². The minimum Gasteiger partial charge on any atom is -0.438 e. The molecule has 0 aromatic carbocycles. The van der Waals surface area contributed by atoms with Gasteiger partial charge in [-0.15, -0.1) is 0 Å². The third kappa shape index (κ3) is 2.22. The molecule has 3 aromatic heterocycles. The first-order valence-corrected chi connectivity index (χ1v) is 6.71. The van der Waals surface area contributed by atoms with Crippen LogP contribution in [-0.4, -0.2) is 31.6 Å². The van der Waals surface area contributed by atoms with Crippen molar-refractivity contribution >= 4 is 0 Å². The fourth-order valence-electron chi connectivity index (χ4n) is 2.18. The van der Waals surface area contributed by atoms with E-state index < -0.39 is 6.67 Å². The molecule has 0 spiro atoms. The van der Waals surface area contributed by atoms with E-state index in [2.05, 4.69) is 20.2 Å². The molecule has 108 valence electrons. The van der Waals surface area contributed by atoms with E-state index in [-0.39, 0.29) is 6.54 Å². The van der Waals surface area contributed by atoms with Crippen molar-refractivity contribution in [2.45, 2.75) is 25.3 Å². The molecule has 1 fully saturated rings. The summed E-state index contributed by atoms with van der Waals surface area (Å²) in [5, 5.41) is 7.95. The summed E-state index contributed by atoms with van der Waals surface area (Å²) in [6.45, 7) is -0.264. The van der Waals surface area contributed by atoms with Crippen LogP contribution in [0.25, 0.3) is 23.0 Å². The molecule has 7 nitrogen and oxygen atoms in total. The smallest absolute Gasteiger partial charge is 0.295 e. The van der Waals surface area contributed by atoms with Gasteiger partial charge in [0.1, 0.15) is 6.67 Å². The average molecular weight is 289 g/mol. The van der Waals surface area contributed by atoms with Gasteiger partial charge in [0, 0.05) is 12.1 Å². The standard InChI is InChI=1S/C13H12FN5O2/c14-3-4-19-6-9(5-16-19)12-17-13(21-18-12)11-10(8-1-2-8)15-7-20-11/h5-8H,1-4H2. The second-order valence-electron chi connectivity index (χ2n) is 4.95. The van der Waals surface area contributed by atoms with Gasteiger partial charge in [0.15, 0.2) is 6.39 Å². The van der Waals surface area contributed by atoms with Crippen molar-refractivity contribution in [3.8, 4) is 23.0 Å². The lowest BCUT2D eigenvalue weighted by atomic mass is 10.2. The lowest BCUT2D eigenvalue weighted by molar-refractivity contribution is 0.415. The van der Waals surface area contributed by atoms with Crippen LogP contribution in [0.4, 0.5) is 4.39 Å². The summed E-state index contributed by atoms with van der Waals surface area (Å²) in [6, 6.07) is 0. The van der Waals surface area contributed by atoms with Gasteiger partial charge in [0.05, 0.1) is 24.0 Å². The zero-order valence-electron chi connectivity index (χ0n) is 11.1. The van der Waals surface area contributed by atoms with Gasteiger partial charge in [-0.1, -0.05) is 5.16 Å². The van der Waals surface area contributed by atoms with Crippen molar-refractivity contribution in [1.82, 2.24) is 24.9 Å². The van der Waals surface area contributed by atoms with Crippen molar-refractivity contribution in [3.63, 3.8) is 0 Å². The first kappa shape index (κ1) is 12.2. The van der Waals surface area contributed by atoms with Gasteiger partial charge in [-0.25, -0.2) is 9.37 Å². The highest BCUT2D eigenvalue weighted by Gasteiger charge is 2.32. The largest absolute Gasteiger partial charge is 0.438 e. The second-order valence-corrected chi connectivity index (χ2v) is 4.95. The van der Waals surface area contributed by atoms with Crippen LogP contribution in [0.15, 0.2) is 27.7 Å². The maximum atomic E-state index is 12.3. The molecule has 21 heavy (non-hydrogen) atoms. The summed E-state index contributed by atoms with van der Waals surface area (Å²) in [5.41, 5.74) is 1.55. The third-order valence-corrected chi connectivity index (χ3v) is 3.38. The number of halogens is 1. The first-order chi connectivity index (χ1) is 10.3. The minimum absolute atomic E-state index is 0.207. The highest BCUT2D eigenvalue weighted by atomic mass is 19.1. The quantitative estimate of drug-likeness (QED) is 0.717. The van der Waals surface area contributed by atoms with Crippen LogP contribution in [0.3, 0.4) is 0 Å². The molecule has 0 saturated heterocycles. The van der Waals surface area contributed by atoms with E-state index in [0.29, 0.717) is 29.0 Å². The van der Waals surface area contributed by atoms with Crippen molar-refractivity contribution in [2.75, 3.05) is 6.67 Å². The molecule has 1 saturated carbocycles. The maximum absolute atomic E-state index is 12.3. The van der Waals surface area contributed by atoms with Gasteiger partial charge in [-0.3, -0.25) is 4.68 Å². The highest BCUT2D eigenvalue weighted by Crippen LogP contribution is 2.43. The number of nitrogens with zero attached hydrogens (tertiary/aromatic N) is 5. The summed E-state index contributed by atoms with van der Waals surface area (Å²) in [4.78, 5) is 8.52. The van der Waals surface area contributed by atoms with Crippen LogP contribution in [0.5, 0.6) is 0 Å². The van der Waals surface area contributed by atoms with E-state index >= 15 is 0 Å².